The standard InChI is InChI=1S/C15H20N2O3/c18-14(8-4-7-13-5-2-1-3-6-13)16-9-11-17(12-10-16)15(19)20/h1-3,5-6H,4,7-12H2,(H,19,20). The smallest absolute Gasteiger partial charge is 0.407 e. The number of nitrogens with zero attached hydrogens (tertiary/aromatic N) is 2. The predicted molar refractivity (Wildman–Crippen MR) is 75.6 cm³/mol. The van der Waals surface area contributed by atoms with Crippen molar-refractivity contribution in [1.29, 1.82) is 0 Å². The molecule has 0 bridgehead atoms. The minimum Gasteiger partial charge on any atom is -0.465 e. The maximum atomic E-state index is 12.0. The number of amides is 2. The number of hydrogen-bond acceptors (Lipinski definition) is 2. The Morgan fingerprint density at radius 2 is 1.60 bits per heavy atom. The predicted octanol–water partition coefficient (Wildman–Crippen LogP) is 1.83. The van der Waals surface area contributed by atoms with Crippen LogP contribution in [0.15, 0.2) is 30.3 Å². The molecule has 0 radical (unpaired) electrons. The molecule has 1 fully saturated rings. The van der Waals surface area contributed by atoms with Gasteiger partial charge in [-0.3, -0.25) is 4.79 Å². The first-order valence-electron chi connectivity index (χ1n) is 6.96. The molecule has 20 heavy (non-hydrogen) atoms. The highest BCUT2D eigenvalue weighted by molar-refractivity contribution is 5.76. The molecule has 1 heterocycles. The lowest BCUT2D eigenvalue weighted by Crippen LogP contribution is -2.50. The summed E-state index contributed by atoms with van der Waals surface area (Å²) in [4.78, 5) is 25.9. The van der Waals surface area contributed by atoms with Crippen LogP contribution in [-0.2, 0) is 11.2 Å². The second-order valence-corrected chi connectivity index (χ2v) is 4.99. The fourth-order valence-electron chi connectivity index (χ4n) is 2.39. The molecule has 0 saturated carbocycles. The van der Waals surface area contributed by atoms with Gasteiger partial charge >= 0.3 is 6.09 Å². The third-order valence-electron chi connectivity index (χ3n) is 3.60. The minimum absolute atomic E-state index is 0.131. The lowest BCUT2D eigenvalue weighted by molar-refractivity contribution is -0.132. The molecule has 1 aromatic rings. The molecule has 1 aromatic carbocycles. The Bertz CT molecular complexity index is 453. The van der Waals surface area contributed by atoms with Gasteiger partial charge in [0.1, 0.15) is 0 Å². The van der Waals surface area contributed by atoms with E-state index in [1.165, 1.54) is 10.5 Å². The number of rotatable bonds is 4. The third kappa shape index (κ3) is 3.98. The SMILES string of the molecule is O=C(O)N1CCN(C(=O)CCCc2ccccc2)CC1. The maximum Gasteiger partial charge on any atom is 0.407 e. The molecule has 5 nitrogen and oxygen atoms in total. The highest BCUT2D eigenvalue weighted by Gasteiger charge is 2.23. The van der Waals surface area contributed by atoms with E-state index in [9.17, 15) is 9.59 Å². The molecule has 0 aromatic heterocycles. The molecule has 108 valence electrons. The van der Waals surface area contributed by atoms with Gasteiger partial charge in [-0.05, 0) is 18.4 Å². The van der Waals surface area contributed by atoms with Gasteiger partial charge in [0.15, 0.2) is 0 Å². The zero-order valence-corrected chi connectivity index (χ0v) is 11.5. The molecule has 0 spiro atoms. The molecular formula is C15H20N2O3. The highest BCUT2D eigenvalue weighted by Crippen LogP contribution is 2.08. The lowest BCUT2D eigenvalue weighted by atomic mass is 10.1. The topological polar surface area (TPSA) is 60.9 Å². The van der Waals surface area contributed by atoms with Crippen molar-refractivity contribution < 1.29 is 14.7 Å². The van der Waals surface area contributed by atoms with Gasteiger partial charge in [0.2, 0.25) is 5.91 Å². The van der Waals surface area contributed by atoms with Crippen LogP contribution in [-0.4, -0.2) is 53.1 Å². The fourth-order valence-corrected chi connectivity index (χ4v) is 2.39. The summed E-state index contributed by atoms with van der Waals surface area (Å²) in [7, 11) is 0. The largest absolute Gasteiger partial charge is 0.465 e. The molecule has 1 saturated heterocycles. The normalized spacial score (nSPS) is 15.2. The molecule has 0 unspecified atom stereocenters. The number of carboxylic acid groups (broad SMARTS) is 1. The van der Waals surface area contributed by atoms with Gasteiger partial charge in [-0.1, -0.05) is 30.3 Å². The zero-order valence-electron chi connectivity index (χ0n) is 11.5. The van der Waals surface area contributed by atoms with Gasteiger partial charge in [0.25, 0.3) is 0 Å². The van der Waals surface area contributed by atoms with Crippen LogP contribution in [0.2, 0.25) is 0 Å². The van der Waals surface area contributed by atoms with E-state index < -0.39 is 6.09 Å². The average molecular weight is 276 g/mol. The monoisotopic (exact) mass is 276 g/mol. The summed E-state index contributed by atoms with van der Waals surface area (Å²) in [6, 6.07) is 10.1. The Balaban J connectivity index is 1.69. The number of hydrogen-bond donors (Lipinski definition) is 1. The van der Waals surface area contributed by atoms with Crippen molar-refractivity contribution in [3.05, 3.63) is 35.9 Å². The highest BCUT2D eigenvalue weighted by atomic mass is 16.4. The second-order valence-electron chi connectivity index (χ2n) is 4.99. The van der Waals surface area contributed by atoms with Gasteiger partial charge in [-0.2, -0.15) is 0 Å². The molecular weight excluding hydrogens is 256 g/mol. The van der Waals surface area contributed by atoms with Crippen LogP contribution < -0.4 is 0 Å². The van der Waals surface area contributed by atoms with Crippen molar-refractivity contribution in [3.63, 3.8) is 0 Å². The second kappa shape index (κ2) is 6.93. The van der Waals surface area contributed by atoms with Crippen LogP contribution in [0, 0.1) is 0 Å². The summed E-state index contributed by atoms with van der Waals surface area (Å²) >= 11 is 0. The van der Waals surface area contributed by atoms with E-state index in [2.05, 4.69) is 12.1 Å². The van der Waals surface area contributed by atoms with E-state index in [0.29, 0.717) is 32.6 Å². The molecule has 2 rings (SSSR count). The van der Waals surface area contributed by atoms with E-state index in [1.807, 2.05) is 18.2 Å². The summed E-state index contributed by atoms with van der Waals surface area (Å²) < 4.78 is 0. The molecule has 2 amide bonds. The van der Waals surface area contributed by atoms with Gasteiger partial charge in [0, 0.05) is 32.6 Å². The lowest BCUT2D eigenvalue weighted by Gasteiger charge is -2.33. The number of aryl methyl sites for hydroxylation is 1. The molecule has 1 N–H and O–H groups in total. The maximum absolute atomic E-state index is 12.0. The van der Waals surface area contributed by atoms with Crippen LogP contribution in [0.4, 0.5) is 4.79 Å². The number of carbonyl (C=O) groups is 2. The number of piperazine rings is 1. The van der Waals surface area contributed by atoms with Crippen molar-refractivity contribution in [2.75, 3.05) is 26.2 Å². The molecule has 0 atom stereocenters. The van der Waals surface area contributed by atoms with Crippen LogP contribution in [0.5, 0.6) is 0 Å². The van der Waals surface area contributed by atoms with Crippen LogP contribution in [0.3, 0.4) is 0 Å². The van der Waals surface area contributed by atoms with Crippen LogP contribution in [0.25, 0.3) is 0 Å². The number of carbonyl (C=O) groups excluding carboxylic acids is 1. The Morgan fingerprint density at radius 3 is 2.20 bits per heavy atom. The Kier molecular flexibility index (Phi) is 4.98. The quantitative estimate of drug-likeness (QED) is 0.912. The van der Waals surface area contributed by atoms with Crippen molar-refractivity contribution in [2.24, 2.45) is 0 Å². The molecule has 1 aliphatic heterocycles. The average Bonchev–Trinajstić information content (AvgIpc) is 2.48. The molecule has 5 heteroatoms. The first kappa shape index (κ1) is 14.4. The van der Waals surface area contributed by atoms with Crippen molar-refractivity contribution in [1.82, 2.24) is 9.80 Å². The van der Waals surface area contributed by atoms with Crippen molar-refractivity contribution in [2.45, 2.75) is 19.3 Å². The summed E-state index contributed by atoms with van der Waals surface area (Å²) in [5, 5.41) is 8.85. The first-order valence-corrected chi connectivity index (χ1v) is 6.96. The van der Waals surface area contributed by atoms with E-state index in [1.54, 1.807) is 4.90 Å². The molecule has 1 aliphatic rings. The van der Waals surface area contributed by atoms with Crippen LogP contribution in [0.1, 0.15) is 18.4 Å². The summed E-state index contributed by atoms with van der Waals surface area (Å²) in [5.41, 5.74) is 1.25. The third-order valence-corrected chi connectivity index (χ3v) is 3.60. The zero-order chi connectivity index (χ0) is 14.4. The fraction of sp³-hybridized carbons (Fsp3) is 0.467. The Morgan fingerprint density at radius 1 is 1.00 bits per heavy atom. The summed E-state index contributed by atoms with van der Waals surface area (Å²) in [6.07, 6.45) is 1.37. The Labute approximate surface area is 118 Å². The first-order chi connectivity index (χ1) is 9.66. The van der Waals surface area contributed by atoms with E-state index in [4.69, 9.17) is 5.11 Å². The van der Waals surface area contributed by atoms with Crippen LogP contribution >= 0.6 is 0 Å². The van der Waals surface area contributed by atoms with E-state index in [0.717, 1.165) is 12.8 Å². The minimum atomic E-state index is -0.902. The van der Waals surface area contributed by atoms with Crippen molar-refractivity contribution >= 4 is 12.0 Å². The van der Waals surface area contributed by atoms with Gasteiger partial charge in [-0.25, -0.2) is 4.79 Å². The van der Waals surface area contributed by atoms with E-state index in [-0.39, 0.29) is 5.91 Å². The molecule has 0 aliphatic carbocycles. The van der Waals surface area contributed by atoms with Gasteiger partial charge in [0.05, 0.1) is 0 Å². The van der Waals surface area contributed by atoms with Crippen molar-refractivity contribution in [3.8, 4) is 0 Å². The summed E-state index contributed by atoms with van der Waals surface area (Å²) in [6.45, 7) is 1.85. The van der Waals surface area contributed by atoms with Gasteiger partial charge < -0.3 is 14.9 Å². The number of benzene rings is 1. The van der Waals surface area contributed by atoms with Gasteiger partial charge in [-0.15, -0.1) is 0 Å². The summed E-state index contributed by atoms with van der Waals surface area (Å²) in [5.74, 6) is 0.131. The van der Waals surface area contributed by atoms with E-state index >= 15 is 0 Å². The Hall–Kier alpha value is -2.04.